The zero-order valence-electron chi connectivity index (χ0n) is 9.10. The molecule has 4 heteroatoms. The Hall–Kier alpha value is -0.0900. The molecule has 0 N–H and O–H groups in total. The summed E-state index contributed by atoms with van der Waals surface area (Å²) in [6, 6.07) is 0. The molecule has 0 aromatic heterocycles. The van der Waals surface area contributed by atoms with E-state index in [-0.39, 0.29) is 0 Å². The standard InChI is InChI=1S/C10H19NO2S/c1-7-4-9-5-11(14(3,12)13)6-10(9)8(7)2/h7-10H,4-6H2,1-3H3/t7-,8+,9-,10?/m1/s1. The Bertz CT molecular complexity index is 325. The van der Waals surface area contributed by atoms with Gasteiger partial charge in [-0.1, -0.05) is 13.8 Å². The lowest BCUT2D eigenvalue weighted by Gasteiger charge is -2.19. The summed E-state index contributed by atoms with van der Waals surface area (Å²) in [5.41, 5.74) is 0. The van der Waals surface area contributed by atoms with Gasteiger partial charge in [0, 0.05) is 13.1 Å². The van der Waals surface area contributed by atoms with Crippen molar-refractivity contribution >= 4 is 10.0 Å². The van der Waals surface area contributed by atoms with Crippen molar-refractivity contribution in [3.8, 4) is 0 Å². The molecule has 2 fully saturated rings. The van der Waals surface area contributed by atoms with Crippen LogP contribution in [0.15, 0.2) is 0 Å². The average molecular weight is 217 g/mol. The molecule has 0 aromatic rings. The zero-order valence-corrected chi connectivity index (χ0v) is 9.92. The van der Waals surface area contributed by atoms with Gasteiger partial charge in [0.25, 0.3) is 0 Å². The molecule has 1 aliphatic heterocycles. The van der Waals surface area contributed by atoms with Crippen molar-refractivity contribution < 1.29 is 8.42 Å². The first-order chi connectivity index (χ1) is 6.39. The van der Waals surface area contributed by atoms with Gasteiger partial charge in [0.05, 0.1) is 6.26 Å². The van der Waals surface area contributed by atoms with Crippen molar-refractivity contribution in [2.24, 2.45) is 23.7 Å². The molecule has 0 bridgehead atoms. The van der Waals surface area contributed by atoms with Crippen LogP contribution in [0.3, 0.4) is 0 Å². The van der Waals surface area contributed by atoms with E-state index < -0.39 is 10.0 Å². The third kappa shape index (κ3) is 1.58. The van der Waals surface area contributed by atoms with Crippen molar-refractivity contribution in [2.75, 3.05) is 19.3 Å². The zero-order chi connectivity index (χ0) is 10.5. The fourth-order valence-electron chi connectivity index (χ4n) is 3.09. The first-order valence-electron chi connectivity index (χ1n) is 5.34. The number of fused-ring (bicyclic) bond motifs is 1. The van der Waals surface area contributed by atoms with Crippen molar-refractivity contribution in [3.05, 3.63) is 0 Å². The van der Waals surface area contributed by atoms with Gasteiger partial charge in [-0.3, -0.25) is 0 Å². The summed E-state index contributed by atoms with van der Waals surface area (Å²) in [6.45, 7) is 6.07. The third-order valence-corrected chi connectivity index (χ3v) is 5.41. The highest BCUT2D eigenvalue weighted by Gasteiger charge is 2.46. The Balaban J connectivity index is 2.12. The van der Waals surface area contributed by atoms with E-state index in [4.69, 9.17) is 0 Å². The lowest BCUT2D eigenvalue weighted by atomic mass is 9.91. The molecule has 1 saturated heterocycles. The van der Waals surface area contributed by atoms with Crippen LogP contribution in [0.25, 0.3) is 0 Å². The van der Waals surface area contributed by atoms with Crippen LogP contribution in [0.1, 0.15) is 20.3 Å². The lowest BCUT2D eigenvalue weighted by Crippen LogP contribution is -2.29. The Morgan fingerprint density at radius 2 is 1.86 bits per heavy atom. The maximum Gasteiger partial charge on any atom is 0.211 e. The number of hydrogen-bond acceptors (Lipinski definition) is 2. The lowest BCUT2D eigenvalue weighted by molar-refractivity contribution is 0.336. The Labute approximate surface area is 86.5 Å². The number of hydrogen-bond donors (Lipinski definition) is 0. The molecule has 14 heavy (non-hydrogen) atoms. The van der Waals surface area contributed by atoms with Gasteiger partial charge in [-0.2, -0.15) is 0 Å². The number of rotatable bonds is 1. The maximum absolute atomic E-state index is 11.4. The van der Waals surface area contributed by atoms with E-state index in [1.54, 1.807) is 4.31 Å². The van der Waals surface area contributed by atoms with E-state index in [9.17, 15) is 8.42 Å². The summed E-state index contributed by atoms with van der Waals surface area (Å²) in [4.78, 5) is 0. The Kier molecular flexibility index (Phi) is 2.39. The van der Waals surface area contributed by atoms with Crippen molar-refractivity contribution in [1.29, 1.82) is 0 Å². The summed E-state index contributed by atoms with van der Waals surface area (Å²) >= 11 is 0. The molecule has 2 rings (SSSR count). The molecule has 0 amide bonds. The molecule has 3 nitrogen and oxygen atoms in total. The second-order valence-corrected chi connectivity index (χ2v) is 7.06. The van der Waals surface area contributed by atoms with Crippen molar-refractivity contribution in [2.45, 2.75) is 20.3 Å². The maximum atomic E-state index is 11.4. The van der Waals surface area contributed by atoms with Gasteiger partial charge in [0.15, 0.2) is 0 Å². The summed E-state index contributed by atoms with van der Waals surface area (Å²) in [7, 11) is -2.95. The summed E-state index contributed by atoms with van der Waals surface area (Å²) < 4.78 is 24.4. The molecule has 1 heterocycles. The summed E-state index contributed by atoms with van der Waals surface area (Å²) in [5, 5.41) is 0. The van der Waals surface area contributed by atoms with E-state index in [1.165, 1.54) is 12.7 Å². The second kappa shape index (κ2) is 3.20. The van der Waals surface area contributed by atoms with Gasteiger partial charge in [-0.25, -0.2) is 12.7 Å². The van der Waals surface area contributed by atoms with Crippen LogP contribution in [-0.4, -0.2) is 32.1 Å². The normalized spacial score (nSPS) is 44.2. The predicted molar refractivity (Wildman–Crippen MR) is 56.3 cm³/mol. The topological polar surface area (TPSA) is 37.4 Å². The highest BCUT2D eigenvalue weighted by molar-refractivity contribution is 7.88. The fraction of sp³-hybridized carbons (Fsp3) is 1.00. The van der Waals surface area contributed by atoms with Gasteiger partial charge in [0.1, 0.15) is 0 Å². The minimum absolute atomic E-state index is 0.611. The SMILES string of the molecule is C[C@@H]1C[C@@H]2CN(S(C)(=O)=O)CC2[C@H]1C. The molecule has 0 radical (unpaired) electrons. The summed E-state index contributed by atoms with van der Waals surface area (Å²) in [5.74, 6) is 2.69. The highest BCUT2D eigenvalue weighted by Crippen LogP contribution is 2.45. The van der Waals surface area contributed by atoms with Gasteiger partial charge in [0.2, 0.25) is 10.0 Å². The molecule has 1 saturated carbocycles. The van der Waals surface area contributed by atoms with E-state index in [0.29, 0.717) is 17.8 Å². The molecule has 82 valence electrons. The van der Waals surface area contributed by atoms with E-state index in [1.807, 2.05) is 0 Å². The van der Waals surface area contributed by atoms with E-state index in [2.05, 4.69) is 13.8 Å². The van der Waals surface area contributed by atoms with E-state index in [0.717, 1.165) is 19.0 Å². The summed E-state index contributed by atoms with van der Waals surface area (Å²) in [6.07, 6.45) is 2.53. The molecular formula is C10H19NO2S. The fourth-order valence-corrected chi connectivity index (χ4v) is 3.99. The average Bonchev–Trinajstić information content (AvgIpc) is 2.54. The molecule has 1 unspecified atom stereocenters. The Morgan fingerprint density at radius 3 is 2.36 bits per heavy atom. The van der Waals surface area contributed by atoms with Crippen LogP contribution in [0.4, 0.5) is 0 Å². The van der Waals surface area contributed by atoms with Crippen molar-refractivity contribution in [1.82, 2.24) is 4.31 Å². The minimum Gasteiger partial charge on any atom is -0.213 e. The third-order valence-electron chi connectivity index (χ3n) is 4.17. The van der Waals surface area contributed by atoms with Crippen LogP contribution < -0.4 is 0 Å². The predicted octanol–water partition coefficient (Wildman–Crippen LogP) is 1.17. The van der Waals surface area contributed by atoms with E-state index >= 15 is 0 Å². The smallest absolute Gasteiger partial charge is 0.211 e. The van der Waals surface area contributed by atoms with Gasteiger partial charge >= 0.3 is 0 Å². The van der Waals surface area contributed by atoms with Crippen LogP contribution in [0, 0.1) is 23.7 Å². The molecule has 4 atom stereocenters. The monoisotopic (exact) mass is 217 g/mol. The first-order valence-corrected chi connectivity index (χ1v) is 7.19. The van der Waals surface area contributed by atoms with Crippen LogP contribution in [0.5, 0.6) is 0 Å². The second-order valence-electron chi connectivity index (χ2n) is 5.08. The van der Waals surface area contributed by atoms with Crippen LogP contribution >= 0.6 is 0 Å². The molecule has 1 aliphatic carbocycles. The van der Waals surface area contributed by atoms with Crippen LogP contribution in [-0.2, 0) is 10.0 Å². The van der Waals surface area contributed by atoms with Crippen molar-refractivity contribution in [3.63, 3.8) is 0 Å². The highest BCUT2D eigenvalue weighted by atomic mass is 32.2. The van der Waals surface area contributed by atoms with Gasteiger partial charge in [-0.05, 0) is 30.1 Å². The molecular weight excluding hydrogens is 198 g/mol. The largest absolute Gasteiger partial charge is 0.213 e. The number of nitrogens with zero attached hydrogens (tertiary/aromatic N) is 1. The number of sulfonamides is 1. The molecule has 0 aromatic carbocycles. The Morgan fingerprint density at radius 1 is 1.21 bits per heavy atom. The molecule has 0 spiro atoms. The minimum atomic E-state index is -2.95. The van der Waals surface area contributed by atoms with Gasteiger partial charge < -0.3 is 0 Å². The molecule has 2 aliphatic rings. The van der Waals surface area contributed by atoms with Gasteiger partial charge in [-0.15, -0.1) is 0 Å². The first kappa shape index (κ1) is 10.4. The quantitative estimate of drug-likeness (QED) is 0.661. The van der Waals surface area contributed by atoms with Crippen LogP contribution in [0.2, 0.25) is 0 Å².